The summed E-state index contributed by atoms with van der Waals surface area (Å²) < 4.78 is 6.34. The second-order valence-corrected chi connectivity index (χ2v) is 8.56. The number of anilines is 1. The molecule has 6 heteroatoms. The van der Waals surface area contributed by atoms with Crippen LogP contribution in [0.4, 0.5) is 5.82 Å². The summed E-state index contributed by atoms with van der Waals surface area (Å²) in [5.74, 6) is 1.10. The van der Waals surface area contributed by atoms with Gasteiger partial charge in [-0.25, -0.2) is 4.98 Å². The lowest BCUT2D eigenvalue weighted by Gasteiger charge is -2.44. The Bertz CT molecular complexity index is 825. The Kier molecular flexibility index (Phi) is 5.19. The summed E-state index contributed by atoms with van der Waals surface area (Å²) in [6.45, 7) is 7.40. The van der Waals surface area contributed by atoms with Crippen molar-refractivity contribution in [2.75, 3.05) is 31.1 Å². The molecule has 1 saturated heterocycles. The zero-order valence-corrected chi connectivity index (χ0v) is 16.9. The minimum atomic E-state index is -0.242. The Hall–Kier alpha value is -1.92. The molecule has 2 aliphatic heterocycles. The molecule has 2 aromatic rings. The van der Waals surface area contributed by atoms with Gasteiger partial charge in [0.15, 0.2) is 0 Å². The minimum Gasteiger partial charge on any atom is -0.370 e. The van der Waals surface area contributed by atoms with Crippen LogP contribution in [-0.2, 0) is 16.8 Å². The third kappa shape index (κ3) is 3.60. The highest BCUT2D eigenvalue weighted by Crippen LogP contribution is 2.45. The van der Waals surface area contributed by atoms with Crippen molar-refractivity contribution >= 4 is 23.1 Å². The molecule has 4 heterocycles. The highest BCUT2D eigenvalue weighted by atomic mass is 32.1. The number of fused-ring (bicyclic) bond motifs is 2. The second kappa shape index (κ2) is 7.60. The lowest BCUT2D eigenvalue weighted by Crippen LogP contribution is -2.46. The molecule has 144 valence electrons. The SMILES string of the molecule is CCCNC(=O)c1cc2c(s1)CCOC21CCN(c2cccc(C)n2)CC1. The van der Waals surface area contributed by atoms with Gasteiger partial charge in [-0.2, -0.15) is 0 Å². The average Bonchev–Trinajstić information content (AvgIpc) is 3.13. The number of nitrogens with one attached hydrogen (secondary N) is 1. The van der Waals surface area contributed by atoms with Crippen LogP contribution in [0, 0.1) is 6.92 Å². The molecule has 2 aliphatic rings. The van der Waals surface area contributed by atoms with Gasteiger partial charge < -0.3 is 15.0 Å². The van der Waals surface area contributed by atoms with Gasteiger partial charge in [-0.3, -0.25) is 4.79 Å². The van der Waals surface area contributed by atoms with Crippen molar-refractivity contribution in [1.82, 2.24) is 10.3 Å². The normalized spacial score (nSPS) is 18.4. The monoisotopic (exact) mass is 385 g/mol. The van der Waals surface area contributed by atoms with Gasteiger partial charge in [-0.1, -0.05) is 13.0 Å². The lowest BCUT2D eigenvalue weighted by atomic mass is 9.82. The van der Waals surface area contributed by atoms with Crippen LogP contribution in [0.3, 0.4) is 0 Å². The lowest BCUT2D eigenvalue weighted by molar-refractivity contribution is -0.0757. The number of pyridine rings is 1. The number of hydrogen-bond donors (Lipinski definition) is 1. The molecule has 0 atom stereocenters. The summed E-state index contributed by atoms with van der Waals surface area (Å²) in [6.07, 6.45) is 3.73. The maximum atomic E-state index is 12.4. The van der Waals surface area contributed by atoms with Crippen molar-refractivity contribution in [3.8, 4) is 0 Å². The molecule has 2 aromatic heterocycles. The van der Waals surface area contributed by atoms with E-state index in [2.05, 4.69) is 40.3 Å². The summed E-state index contributed by atoms with van der Waals surface area (Å²) in [5, 5.41) is 3.00. The number of carbonyl (C=O) groups is 1. The van der Waals surface area contributed by atoms with Crippen LogP contribution in [0.2, 0.25) is 0 Å². The van der Waals surface area contributed by atoms with E-state index in [1.807, 2.05) is 13.0 Å². The van der Waals surface area contributed by atoms with Gasteiger partial charge in [0, 0.05) is 36.6 Å². The molecule has 5 nitrogen and oxygen atoms in total. The number of rotatable bonds is 4. The molecule has 27 heavy (non-hydrogen) atoms. The van der Waals surface area contributed by atoms with Gasteiger partial charge in [0.25, 0.3) is 5.91 Å². The van der Waals surface area contributed by atoms with E-state index in [1.165, 1.54) is 10.4 Å². The van der Waals surface area contributed by atoms with E-state index in [-0.39, 0.29) is 11.5 Å². The predicted octanol–water partition coefficient (Wildman–Crippen LogP) is 3.66. The number of carbonyl (C=O) groups excluding carboxylic acids is 1. The van der Waals surface area contributed by atoms with Crippen LogP contribution < -0.4 is 10.2 Å². The van der Waals surface area contributed by atoms with E-state index >= 15 is 0 Å². The van der Waals surface area contributed by atoms with Gasteiger partial charge in [-0.15, -0.1) is 11.3 Å². The van der Waals surface area contributed by atoms with Crippen molar-refractivity contribution < 1.29 is 9.53 Å². The Morgan fingerprint density at radius 1 is 1.37 bits per heavy atom. The molecular weight excluding hydrogens is 358 g/mol. The topological polar surface area (TPSA) is 54.5 Å². The largest absolute Gasteiger partial charge is 0.370 e. The van der Waals surface area contributed by atoms with E-state index in [4.69, 9.17) is 4.74 Å². The van der Waals surface area contributed by atoms with E-state index in [0.717, 1.165) is 68.3 Å². The molecular formula is C21H27N3O2S. The van der Waals surface area contributed by atoms with Crippen molar-refractivity contribution in [2.24, 2.45) is 0 Å². The third-order valence-electron chi connectivity index (χ3n) is 5.54. The summed E-state index contributed by atoms with van der Waals surface area (Å²) in [5.41, 5.74) is 2.05. The van der Waals surface area contributed by atoms with Crippen molar-refractivity contribution in [3.63, 3.8) is 0 Å². The van der Waals surface area contributed by atoms with Crippen LogP contribution in [0.1, 0.15) is 52.0 Å². The maximum Gasteiger partial charge on any atom is 0.261 e. The highest BCUT2D eigenvalue weighted by Gasteiger charge is 2.42. The van der Waals surface area contributed by atoms with Crippen molar-refractivity contribution in [3.05, 3.63) is 45.3 Å². The number of nitrogens with zero attached hydrogens (tertiary/aromatic N) is 2. The second-order valence-electron chi connectivity index (χ2n) is 7.42. The summed E-state index contributed by atoms with van der Waals surface area (Å²) in [4.78, 5) is 21.6. The first-order valence-electron chi connectivity index (χ1n) is 9.85. The quantitative estimate of drug-likeness (QED) is 0.873. The first-order chi connectivity index (χ1) is 13.1. The van der Waals surface area contributed by atoms with Gasteiger partial charge in [-0.05, 0) is 49.9 Å². The van der Waals surface area contributed by atoms with E-state index in [0.29, 0.717) is 0 Å². The molecule has 0 aromatic carbocycles. The van der Waals surface area contributed by atoms with Gasteiger partial charge in [0.2, 0.25) is 0 Å². The molecule has 1 spiro atoms. The first kappa shape index (κ1) is 18.4. The summed E-state index contributed by atoms with van der Waals surface area (Å²) in [6, 6.07) is 8.27. The fourth-order valence-corrected chi connectivity index (χ4v) is 5.22. The number of aryl methyl sites for hydroxylation is 1. The number of piperidine rings is 1. The zero-order chi connectivity index (χ0) is 18.9. The first-order valence-corrected chi connectivity index (χ1v) is 10.7. The molecule has 1 amide bonds. The van der Waals surface area contributed by atoms with Crippen LogP contribution >= 0.6 is 11.3 Å². The van der Waals surface area contributed by atoms with Crippen LogP contribution in [0.25, 0.3) is 0 Å². The molecule has 4 rings (SSSR count). The van der Waals surface area contributed by atoms with E-state index < -0.39 is 0 Å². The van der Waals surface area contributed by atoms with E-state index in [1.54, 1.807) is 11.3 Å². The standard InChI is InChI=1S/C21H27N3O2S/c1-3-10-22-20(25)18-14-16-17(27-18)7-13-26-21(16)8-11-24(12-9-21)19-6-4-5-15(2)23-19/h4-6,14H,3,7-13H2,1-2H3,(H,22,25). The molecule has 0 bridgehead atoms. The molecule has 0 saturated carbocycles. The highest BCUT2D eigenvalue weighted by molar-refractivity contribution is 7.14. The molecule has 0 aliphatic carbocycles. The molecule has 1 fully saturated rings. The Labute approximate surface area is 164 Å². The molecule has 0 radical (unpaired) electrons. The smallest absolute Gasteiger partial charge is 0.261 e. The maximum absolute atomic E-state index is 12.4. The van der Waals surface area contributed by atoms with Crippen LogP contribution in [0.5, 0.6) is 0 Å². The Balaban J connectivity index is 1.53. The Morgan fingerprint density at radius 2 is 2.19 bits per heavy atom. The van der Waals surface area contributed by atoms with E-state index in [9.17, 15) is 4.79 Å². The van der Waals surface area contributed by atoms with Crippen LogP contribution in [-0.4, -0.2) is 37.1 Å². The molecule has 1 N–H and O–H groups in total. The number of aromatic nitrogens is 1. The third-order valence-corrected chi connectivity index (χ3v) is 6.73. The number of thiophene rings is 1. The van der Waals surface area contributed by atoms with Gasteiger partial charge >= 0.3 is 0 Å². The predicted molar refractivity (Wildman–Crippen MR) is 109 cm³/mol. The van der Waals surface area contributed by atoms with Gasteiger partial charge in [0.1, 0.15) is 5.82 Å². The summed E-state index contributed by atoms with van der Waals surface area (Å²) in [7, 11) is 0. The van der Waals surface area contributed by atoms with Crippen molar-refractivity contribution in [1.29, 1.82) is 0 Å². The fourth-order valence-electron chi connectivity index (χ4n) is 4.07. The van der Waals surface area contributed by atoms with Crippen LogP contribution in [0.15, 0.2) is 24.3 Å². The Morgan fingerprint density at radius 3 is 2.93 bits per heavy atom. The molecule has 0 unspecified atom stereocenters. The fraction of sp³-hybridized carbons (Fsp3) is 0.524. The van der Waals surface area contributed by atoms with Gasteiger partial charge in [0.05, 0.1) is 17.1 Å². The number of hydrogen-bond acceptors (Lipinski definition) is 5. The zero-order valence-electron chi connectivity index (χ0n) is 16.1. The number of amides is 1. The average molecular weight is 386 g/mol. The van der Waals surface area contributed by atoms with Crippen molar-refractivity contribution in [2.45, 2.75) is 45.1 Å². The minimum absolute atomic E-state index is 0.0489. The summed E-state index contributed by atoms with van der Waals surface area (Å²) >= 11 is 1.64. The number of ether oxygens (including phenoxy) is 1.